The van der Waals surface area contributed by atoms with Gasteiger partial charge in [0.1, 0.15) is 28.2 Å². The highest BCUT2D eigenvalue weighted by atomic mass is 16.3. The predicted molar refractivity (Wildman–Crippen MR) is 218 cm³/mol. The average Bonchev–Trinajstić information content (AvgIpc) is 3.79. The van der Waals surface area contributed by atoms with E-state index < -0.39 is 0 Å². The second-order valence-electron chi connectivity index (χ2n) is 13.0. The second-order valence-corrected chi connectivity index (χ2v) is 13.0. The molecule has 0 bridgehead atoms. The van der Waals surface area contributed by atoms with E-state index in [-0.39, 0.29) is 5.92 Å². The van der Waals surface area contributed by atoms with E-state index in [0.29, 0.717) is 17.5 Å². The SMILES string of the molecule is C/C=C\C=C/C(/C=C\C)c1nc(-c2ccc(-c3cccc4c3oc3ccccc34)cc2)nc(-c2ccc(-c3cccc4c3oc3ccccc34)cc2)n1. The minimum Gasteiger partial charge on any atom is -0.455 e. The largest absolute Gasteiger partial charge is 0.455 e. The highest BCUT2D eigenvalue weighted by Gasteiger charge is 2.18. The van der Waals surface area contributed by atoms with Crippen LogP contribution in [0, 0.1) is 0 Å². The van der Waals surface area contributed by atoms with Gasteiger partial charge in [0.15, 0.2) is 11.6 Å². The van der Waals surface area contributed by atoms with Gasteiger partial charge in [0.2, 0.25) is 0 Å². The fourth-order valence-electron chi connectivity index (χ4n) is 7.08. The van der Waals surface area contributed by atoms with E-state index in [1.54, 1.807) is 0 Å². The molecule has 3 heterocycles. The van der Waals surface area contributed by atoms with E-state index in [1.165, 1.54) is 0 Å². The Hall–Kier alpha value is -6.85. The zero-order valence-corrected chi connectivity index (χ0v) is 29.4. The third-order valence-electron chi connectivity index (χ3n) is 9.69. The van der Waals surface area contributed by atoms with Gasteiger partial charge in [0.05, 0.1) is 5.92 Å². The van der Waals surface area contributed by atoms with Crippen molar-refractivity contribution in [2.75, 3.05) is 0 Å². The lowest BCUT2D eigenvalue weighted by molar-refractivity contribution is 0.669. The first-order chi connectivity index (χ1) is 26.2. The lowest BCUT2D eigenvalue weighted by Crippen LogP contribution is -2.06. The first kappa shape index (κ1) is 32.1. The maximum absolute atomic E-state index is 6.34. The molecule has 5 heteroatoms. The highest BCUT2D eigenvalue weighted by molar-refractivity contribution is 6.10. The number of para-hydroxylation sites is 4. The summed E-state index contributed by atoms with van der Waals surface area (Å²) in [6.45, 7) is 4.02. The number of furan rings is 2. The van der Waals surface area contributed by atoms with Crippen molar-refractivity contribution < 1.29 is 8.83 Å². The van der Waals surface area contributed by atoms with E-state index in [1.807, 2.05) is 74.5 Å². The van der Waals surface area contributed by atoms with Gasteiger partial charge in [-0.2, -0.15) is 0 Å². The maximum Gasteiger partial charge on any atom is 0.163 e. The summed E-state index contributed by atoms with van der Waals surface area (Å²) in [5.74, 6) is 1.77. The Labute approximate surface area is 307 Å². The summed E-state index contributed by atoms with van der Waals surface area (Å²) in [5, 5.41) is 4.44. The number of fused-ring (bicyclic) bond motifs is 6. The van der Waals surface area contributed by atoms with Gasteiger partial charge in [-0.1, -0.05) is 158 Å². The summed E-state index contributed by atoms with van der Waals surface area (Å²) in [6, 6.07) is 45.7. The zero-order chi connectivity index (χ0) is 35.7. The summed E-state index contributed by atoms with van der Waals surface area (Å²) in [7, 11) is 0. The number of allylic oxidation sites excluding steroid dienone is 6. The van der Waals surface area contributed by atoms with Crippen molar-refractivity contribution in [3.05, 3.63) is 176 Å². The molecule has 0 aliphatic heterocycles. The molecule has 1 atom stereocenters. The molecule has 0 saturated heterocycles. The fraction of sp³-hybridized carbons (Fsp3) is 0.0625. The Bertz CT molecular complexity index is 2680. The number of aromatic nitrogens is 3. The van der Waals surface area contributed by atoms with Gasteiger partial charge in [-0.05, 0) is 37.1 Å². The molecule has 6 aromatic carbocycles. The predicted octanol–water partition coefficient (Wildman–Crippen LogP) is 13.1. The van der Waals surface area contributed by atoms with Crippen molar-refractivity contribution in [1.29, 1.82) is 0 Å². The Balaban J connectivity index is 1.12. The van der Waals surface area contributed by atoms with Crippen molar-refractivity contribution in [2.45, 2.75) is 19.8 Å². The minimum absolute atomic E-state index is 0.133. The quantitative estimate of drug-likeness (QED) is 0.118. The molecule has 0 spiro atoms. The smallest absolute Gasteiger partial charge is 0.163 e. The van der Waals surface area contributed by atoms with E-state index in [9.17, 15) is 0 Å². The van der Waals surface area contributed by atoms with Crippen LogP contribution in [-0.2, 0) is 0 Å². The molecular formula is C48H35N3O2. The van der Waals surface area contributed by atoms with Crippen LogP contribution in [0.2, 0.25) is 0 Å². The van der Waals surface area contributed by atoms with E-state index >= 15 is 0 Å². The molecule has 1 unspecified atom stereocenters. The summed E-state index contributed by atoms with van der Waals surface area (Å²) in [4.78, 5) is 15.2. The van der Waals surface area contributed by atoms with E-state index in [4.69, 9.17) is 23.8 Å². The van der Waals surface area contributed by atoms with Crippen molar-refractivity contribution in [1.82, 2.24) is 15.0 Å². The van der Waals surface area contributed by atoms with Gasteiger partial charge in [0, 0.05) is 43.8 Å². The Kier molecular flexibility index (Phi) is 8.29. The normalized spacial score (nSPS) is 12.8. The van der Waals surface area contributed by atoms with Gasteiger partial charge < -0.3 is 8.83 Å². The molecule has 0 N–H and O–H groups in total. The maximum atomic E-state index is 6.34. The van der Waals surface area contributed by atoms with Crippen LogP contribution < -0.4 is 0 Å². The summed E-state index contributed by atoms with van der Waals surface area (Å²) in [6.07, 6.45) is 12.3. The van der Waals surface area contributed by atoms with Crippen molar-refractivity contribution >= 4 is 43.9 Å². The number of hydrogen-bond donors (Lipinski definition) is 0. The van der Waals surface area contributed by atoms with Crippen LogP contribution >= 0.6 is 0 Å². The number of hydrogen-bond acceptors (Lipinski definition) is 5. The standard InChI is InChI=1S/C48H35N3O2/c1-3-5-6-14-33(13-4-2)46-49-47(34-27-23-31(24-28-34)36-17-11-19-40-38-15-7-9-21-42(38)52-44(36)40)51-48(50-46)35-29-25-32(26-30-35)37-18-12-20-41-39-16-8-10-22-43(39)53-45(37)41/h3-30,33H,1-2H3/b5-3-,13-4-,14-6-. The number of benzene rings is 6. The molecule has 0 radical (unpaired) electrons. The molecule has 5 nitrogen and oxygen atoms in total. The van der Waals surface area contributed by atoms with Crippen LogP contribution in [0.15, 0.2) is 179 Å². The molecule has 0 aliphatic rings. The van der Waals surface area contributed by atoms with Gasteiger partial charge in [-0.25, -0.2) is 15.0 Å². The third kappa shape index (κ3) is 5.92. The third-order valence-corrected chi connectivity index (χ3v) is 9.69. The molecule has 0 fully saturated rings. The van der Waals surface area contributed by atoms with Crippen LogP contribution in [0.5, 0.6) is 0 Å². The first-order valence-corrected chi connectivity index (χ1v) is 17.9. The highest BCUT2D eigenvalue weighted by Crippen LogP contribution is 2.38. The molecular weight excluding hydrogens is 651 g/mol. The fourth-order valence-corrected chi connectivity index (χ4v) is 7.08. The topological polar surface area (TPSA) is 65.0 Å². The Morgan fingerprint density at radius 2 is 0.906 bits per heavy atom. The molecule has 9 rings (SSSR count). The summed E-state index contributed by atoms with van der Waals surface area (Å²) < 4.78 is 12.7. The first-order valence-electron chi connectivity index (χ1n) is 17.9. The number of rotatable bonds is 8. The lowest BCUT2D eigenvalue weighted by Gasteiger charge is -2.12. The minimum atomic E-state index is -0.133. The molecule has 53 heavy (non-hydrogen) atoms. The molecule has 0 saturated carbocycles. The molecule has 3 aromatic heterocycles. The Morgan fingerprint density at radius 1 is 0.434 bits per heavy atom. The van der Waals surface area contributed by atoms with Crippen molar-refractivity contribution in [3.8, 4) is 45.0 Å². The van der Waals surface area contributed by atoms with Crippen molar-refractivity contribution in [2.24, 2.45) is 0 Å². The lowest BCUT2D eigenvalue weighted by atomic mass is 10.0. The summed E-state index contributed by atoms with van der Waals surface area (Å²) in [5.41, 5.74) is 9.55. The monoisotopic (exact) mass is 685 g/mol. The number of nitrogens with zero attached hydrogens (tertiary/aromatic N) is 3. The van der Waals surface area contributed by atoms with E-state index in [2.05, 4.69) is 109 Å². The van der Waals surface area contributed by atoms with Gasteiger partial charge >= 0.3 is 0 Å². The molecule has 0 aliphatic carbocycles. The van der Waals surface area contributed by atoms with E-state index in [0.717, 1.165) is 77.3 Å². The van der Waals surface area contributed by atoms with Gasteiger partial charge in [0.25, 0.3) is 0 Å². The summed E-state index contributed by atoms with van der Waals surface area (Å²) >= 11 is 0. The van der Waals surface area contributed by atoms with Gasteiger partial charge in [-0.3, -0.25) is 0 Å². The van der Waals surface area contributed by atoms with Crippen LogP contribution in [0.4, 0.5) is 0 Å². The van der Waals surface area contributed by atoms with Crippen LogP contribution in [-0.4, -0.2) is 15.0 Å². The Morgan fingerprint density at radius 3 is 1.40 bits per heavy atom. The average molecular weight is 686 g/mol. The second kappa shape index (κ2) is 13.7. The van der Waals surface area contributed by atoms with Gasteiger partial charge in [-0.15, -0.1) is 0 Å². The molecule has 9 aromatic rings. The van der Waals surface area contributed by atoms with Crippen LogP contribution in [0.3, 0.4) is 0 Å². The van der Waals surface area contributed by atoms with Crippen molar-refractivity contribution in [3.63, 3.8) is 0 Å². The molecule has 254 valence electrons. The molecule has 0 amide bonds. The zero-order valence-electron chi connectivity index (χ0n) is 29.4. The van der Waals surface area contributed by atoms with Crippen LogP contribution in [0.1, 0.15) is 25.6 Å². The van der Waals surface area contributed by atoms with Crippen LogP contribution in [0.25, 0.3) is 88.9 Å².